The molecule has 0 aliphatic carbocycles. The van der Waals surface area contributed by atoms with Crippen molar-refractivity contribution >= 4 is 33.1 Å². The molecule has 0 aliphatic heterocycles. The van der Waals surface area contributed by atoms with E-state index in [-0.39, 0.29) is 0 Å². The second kappa shape index (κ2) is 4.85. The highest BCUT2D eigenvalue weighted by atomic mass is 79.9. The molecule has 0 aliphatic rings. The first-order valence-corrected chi connectivity index (χ1v) is 6.56. The molecule has 6 heteroatoms. The summed E-state index contributed by atoms with van der Waals surface area (Å²) in [4.78, 5) is 16.4. The van der Waals surface area contributed by atoms with Crippen LogP contribution >= 0.6 is 15.9 Å². The standard InChI is InChI=1S/C13H15BrN2O3/c1-13(2,3)19-12(17)16-6-5-8-7-9(14)11(18-4)15-10(8)16/h5-7H,1-4H3. The molecule has 2 aromatic heterocycles. The lowest BCUT2D eigenvalue weighted by atomic mass is 10.2. The van der Waals surface area contributed by atoms with Crippen molar-refractivity contribution in [3.05, 3.63) is 22.8 Å². The number of carbonyl (C=O) groups excluding carboxylic acids is 1. The molecular formula is C13H15BrN2O3. The SMILES string of the molecule is COc1nc2c(ccn2C(=O)OC(C)(C)C)cc1Br. The first-order valence-electron chi connectivity index (χ1n) is 5.77. The van der Waals surface area contributed by atoms with Gasteiger partial charge in [-0.1, -0.05) is 0 Å². The van der Waals surface area contributed by atoms with Gasteiger partial charge in [0.2, 0.25) is 5.88 Å². The molecule has 2 aromatic rings. The lowest BCUT2D eigenvalue weighted by Gasteiger charge is -2.19. The van der Waals surface area contributed by atoms with Crippen LogP contribution in [0.25, 0.3) is 11.0 Å². The number of nitrogens with zero attached hydrogens (tertiary/aromatic N) is 2. The highest BCUT2D eigenvalue weighted by molar-refractivity contribution is 9.10. The lowest BCUT2D eigenvalue weighted by molar-refractivity contribution is 0.0543. The average molecular weight is 327 g/mol. The van der Waals surface area contributed by atoms with E-state index in [2.05, 4.69) is 20.9 Å². The minimum atomic E-state index is -0.548. The molecule has 0 N–H and O–H groups in total. The molecule has 0 saturated carbocycles. The third-order valence-corrected chi connectivity index (χ3v) is 2.94. The number of aromatic nitrogens is 2. The van der Waals surface area contributed by atoms with E-state index in [1.807, 2.05) is 26.8 Å². The van der Waals surface area contributed by atoms with Gasteiger partial charge in [-0.25, -0.2) is 9.36 Å². The Bertz CT molecular complexity index is 629. The van der Waals surface area contributed by atoms with Crippen LogP contribution in [0.4, 0.5) is 4.79 Å². The number of fused-ring (bicyclic) bond motifs is 1. The van der Waals surface area contributed by atoms with E-state index in [0.717, 1.165) is 9.86 Å². The third kappa shape index (κ3) is 2.89. The maximum absolute atomic E-state index is 12.1. The van der Waals surface area contributed by atoms with Crippen LogP contribution in [-0.2, 0) is 4.74 Å². The molecule has 2 heterocycles. The fraction of sp³-hybridized carbons (Fsp3) is 0.385. The number of methoxy groups -OCH3 is 1. The van der Waals surface area contributed by atoms with Crippen LogP contribution in [0.2, 0.25) is 0 Å². The summed E-state index contributed by atoms with van der Waals surface area (Å²) in [7, 11) is 1.53. The van der Waals surface area contributed by atoms with Crippen molar-refractivity contribution in [2.45, 2.75) is 26.4 Å². The minimum absolute atomic E-state index is 0.427. The van der Waals surface area contributed by atoms with Gasteiger partial charge in [-0.15, -0.1) is 0 Å². The zero-order valence-corrected chi connectivity index (χ0v) is 12.8. The topological polar surface area (TPSA) is 53.4 Å². The summed E-state index contributed by atoms with van der Waals surface area (Å²) in [5, 5.41) is 0.832. The fourth-order valence-corrected chi connectivity index (χ4v) is 2.12. The predicted octanol–water partition coefficient (Wildman–Crippen LogP) is 3.59. The molecule has 102 valence electrons. The summed E-state index contributed by atoms with van der Waals surface area (Å²) in [6.45, 7) is 5.46. The number of carbonyl (C=O) groups is 1. The maximum Gasteiger partial charge on any atom is 0.420 e. The van der Waals surface area contributed by atoms with Crippen LogP contribution in [0.15, 0.2) is 22.8 Å². The number of pyridine rings is 1. The zero-order valence-electron chi connectivity index (χ0n) is 11.2. The quantitative estimate of drug-likeness (QED) is 0.803. The fourth-order valence-electron chi connectivity index (χ4n) is 1.62. The van der Waals surface area contributed by atoms with Gasteiger partial charge in [-0.2, -0.15) is 4.98 Å². The van der Waals surface area contributed by atoms with Crippen molar-refractivity contribution in [1.82, 2.24) is 9.55 Å². The summed E-state index contributed by atoms with van der Waals surface area (Å²) in [6, 6.07) is 3.65. The molecule has 0 saturated heterocycles. The number of halogens is 1. The molecule has 0 amide bonds. The Morgan fingerprint density at radius 2 is 2.11 bits per heavy atom. The summed E-state index contributed by atoms with van der Waals surface area (Å²) >= 11 is 3.36. The van der Waals surface area contributed by atoms with Gasteiger partial charge in [0.25, 0.3) is 0 Å². The molecule has 0 bridgehead atoms. The largest absolute Gasteiger partial charge is 0.480 e. The number of rotatable bonds is 1. The van der Waals surface area contributed by atoms with E-state index in [1.54, 1.807) is 12.3 Å². The Kier molecular flexibility index (Phi) is 3.54. The maximum atomic E-state index is 12.1. The normalized spacial score (nSPS) is 11.6. The van der Waals surface area contributed by atoms with Gasteiger partial charge in [0.15, 0.2) is 5.65 Å². The van der Waals surface area contributed by atoms with E-state index >= 15 is 0 Å². The number of hydrogen-bond acceptors (Lipinski definition) is 4. The average Bonchev–Trinajstić information content (AvgIpc) is 2.68. The highest BCUT2D eigenvalue weighted by Gasteiger charge is 2.20. The molecule has 2 rings (SSSR count). The third-order valence-electron chi connectivity index (χ3n) is 2.37. The Labute approximate surface area is 119 Å². The van der Waals surface area contributed by atoms with Crippen molar-refractivity contribution < 1.29 is 14.3 Å². The van der Waals surface area contributed by atoms with Crippen LogP contribution in [-0.4, -0.2) is 28.4 Å². The van der Waals surface area contributed by atoms with E-state index in [1.165, 1.54) is 11.7 Å². The Balaban J connectivity index is 2.47. The summed E-state index contributed by atoms with van der Waals surface area (Å²) in [6.07, 6.45) is 1.18. The van der Waals surface area contributed by atoms with E-state index < -0.39 is 11.7 Å². The Morgan fingerprint density at radius 1 is 1.42 bits per heavy atom. The molecule has 5 nitrogen and oxygen atoms in total. The number of hydrogen-bond donors (Lipinski definition) is 0. The van der Waals surface area contributed by atoms with E-state index in [0.29, 0.717) is 11.5 Å². The summed E-state index contributed by atoms with van der Waals surface area (Å²) in [5.74, 6) is 0.427. The first kappa shape index (κ1) is 13.9. The molecule has 0 atom stereocenters. The van der Waals surface area contributed by atoms with Gasteiger partial charge < -0.3 is 9.47 Å². The van der Waals surface area contributed by atoms with Gasteiger partial charge in [-0.05, 0) is 48.8 Å². The van der Waals surface area contributed by atoms with Crippen molar-refractivity contribution in [2.24, 2.45) is 0 Å². The van der Waals surface area contributed by atoms with Gasteiger partial charge in [0.05, 0.1) is 11.6 Å². The van der Waals surface area contributed by atoms with Crippen LogP contribution in [0.3, 0.4) is 0 Å². The van der Waals surface area contributed by atoms with Crippen LogP contribution in [0.5, 0.6) is 5.88 Å². The molecule has 0 fully saturated rings. The van der Waals surface area contributed by atoms with Gasteiger partial charge >= 0.3 is 6.09 Å². The molecule has 0 aromatic carbocycles. The van der Waals surface area contributed by atoms with Crippen molar-refractivity contribution in [3.8, 4) is 5.88 Å². The number of ether oxygens (including phenoxy) is 2. The first-order chi connectivity index (χ1) is 8.81. The van der Waals surface area contributed by atoms with Gasteiger partial charge in [0, 0.05) is 11.6 Å². The van der Waals surface area contributed by atoms with Crippen LogP contribution in [0.1, 0.15) is 20.8 Å². The summed E-state index contributed by atoms with van der Waals surface area (Å²) in [5.41, 5.74) is -0.0399. The van der Waals surface area contributed by atoms with Crippen molar-refractivity contribution in [1.29, 1.82) is 0 Å². The Hall–Kier alpha value is -1.56. The highest BCUT2D eigenvalue weighted by Crippen LogP contribution is 2.27. The second-order valence-electron chi connectivity index (χ2n) is 5.06. The van der Waals surface area contributed by atoms with Crippen LogP contribution in [0, 0.1) is 0 Å². The van der Waals surface area contributed by atoms with Gasteiger partial charge in [-0.3, -0.25) is 0 Å². The zero-order chi connectivity index (χ0) is 14.2. The molecule has 0 unspecified atom stereocenters. The lowest BCUT2D eigenvalue weighted by Crippen LogP contribution is -2.26. The Morgan fingerprint density at radius 3 is 2.68 bits per heavy atom. The predicted molar refractivity (Wildman–Crippen MR) is 75.6 cm³/mol. The smallest absolute Gasteiger partial charge is 0.420 e. The molecule has 19 heavy (non-hydrogen) atoms. The minimum Gasteiger partial charge on any atom is -0.480 e. The van der Waals surface area contributed by atoms with Crippen molar-refractivity contribution in [2.75, 3.05) is 7.11 Å². The molecule has 0 radical (unpaired) electrons. The van der Waals surface area contributed by atoms with E-state index in [9.17, 15) is 4.79 Å². The second-order valence-corrected chi connectivity index (χ2v) is 5.91. The van der Waals surface area contributed by atoms with Crippen molar-refractivity contribution in [3.63, 3.8) is 0 Å². The van der Waals surface area contributed by atoms with Crippen LogP contribution < -0.4 is 4.74 Å². The summed E-state index contributed by atoms with van der Waals surface area (Å²) < 4.78 is 12.6. The molecular weight excluding hydrogens is 312 g/mol. The monoisotopic (exact) mass is 326 g/mol. The molecule has 0 spiro atoms. The van der Waals surface area contributed by atoms with E-state index in [4.69, 9.17) is 9.47 Å². The van der Waals surface area contributed by atoms with Gasteiger partial charge in [0.1, 0.15) is 5.60 Å².